The first-order valence-electron chi connectivity index (χ1n) is 5.11. The molecule has 1 aromatic carbocycles. The molecule has 0 radical (unpaired) electrons. The third-order valence-corrected chi connectivity index (χ3v) is 4.03. The van der Waals surface area contributed by atoms with E-state index < -0.39 is 0 Å². The highest BCUT2D eigenvalue weighted by molar-refractivity contribution is 9.09. The molecule has 15 heavy (non-hydrogen) atoms. The van der Waals surface area contributed by atoms with Crippen molar-refractivity contribution in [1.29, 1.82) is 0 Å². The van der Waals surface area contributed by atoms with Gasteiger partial charge >= 0.3 is 0 Å². The Hall–Kier alpha value is -0.700. The number of hydrogen-bond donors (Lipinski definition) is 0. The lowest BCUT2D eigenvalue weighted by Gasteiger charge is -2.13. The van der Waals surface area contributed by atoms with Crippen molar-refractivity contribution in [3.8, 4) is 11.5 Å². The first-order valence-corrected chi connectivity index (χ1v) is 6.23. The Balaban J connectivity index is 1.88. The SMILES string of the molecule is COc1ccc(OCC2(CBr)CC2)cc1. The van der Waals surface area contributed by atoms with Crippen LogP contribution in [0.3, 0.4) is 0 Å². The molecule has 0 aromatic heterocycles. The van der Waals surface area contributed by atoms with Gasteiger partial charge in [-0.05, 0) is 37.1 Å². The van der Waals surface area contributed by atoms with Gasteiger partial charge in [-0.2, -0.15) is 0 Å². The van der Waals surface area contributed by atoms with Crippen molar-refractivity contribution in [3.05, 3.63) is 24.3 Å². The van der Waals surface area contributed by atoms with Gasteiger partial charge in [-0.1, -0.05) is 15.9 Å². The van der Waals surface area contributed by atoms with E-state index in [4.69, 9.17) is 9.47 Å². The van der Waals surface area contributed by atoms with Crippen LogP contribution < -0.4 is 9.47 Å². The van der Waals surface area contributed by atoms with Gasteiger partial charge in [0.1, 0.15) is 11.5 Å². The molecule has 2 nitrogen and oxygen atoms in total. The summed E-state index contributed by atoms with van der Waals surface area (Å²) in [6.45, 7) is 0.810. The Labute approximate surface area is 98.7 Å². The summed E-state index contributed by atoms with van der Waals surface area (Å²) in [6, 6.07) is 7.73. The van der Waals surface area contributed by atoms with Crippen LogP contribution in [0.15, 0.2) is 24.3 Å². The molecule has 0 unspecified atom stereocenters. The molecule has 82 valence electrons. The zero-order chi connectivity index (χ0) is 10.7. The van der Waals surface area contributed by atoms with E-state index in [2.05, 4.69) is 15.9 Å². The van der Waals surface area contributed by atoms with E-state index in [1.807, 2.05) is 24.3 Å². The zero-order valence-electron chi connectivity index (χ0n) is 8.83. The number of halogens is 1. The summed E-state index contributed by atoms with van der Waals surface area (Å²) < 4.78 is 10.8. The van der Waals surface area contributed by atoms with Crippen LogP contribution >= 0.6 is 15.9 Å². The third-order valence-electron chi connectivity index (χ3n) is 2.85. The number of benzene rings is 1. The van der Waals surface area contributed by atoms with Crippen LogP contribution in [-0.4, -0.2) is 19.0 Å². The minimum absolute atomic E-state index is 0.403. The Morgan fingerprint density at radius 1 is 1.20 bits per heavy atom. The maximum atomic E-state index is 5.74. The van der Waals surface area contributed by atoms with Crippen molar-refractivity contribution in [3.63, 3.8) is 0 Å². The number of methoxy groups -OCH3 is 1. The van der Waals surface area contributed by atoms with Crippen LogP contribution in [-0.2, 0) is 0 Å². The third kappa shape index (κ3) is 2.65. The molecule has 1 aliphatic carbocycles. The van der Waals surface area contributed by atoms with Crippen molar-refractivity contribution < 1.29 is 9.47 Å². The Morgan fingerprint density at radius 3 is 2.27 bits per heavy atom. The van der Waals surface area contributed by atoms with Gasteiger partial charge in [-0.3, -0.25) is 0 Å². The summed E-state index contributed by atoms with van der Waals surface area (Å²) in [5.41, 5.74) is 0.403. The van der Waals surface area contributed by atoms with Crippen molar-refractivity contribution in [2.24, 2.45) is 5.41 Å². The molecule has 1 fully saturated rings. The average Bonchev–Trinajstić information content (AvgIpc) is 3.08. The molecule has 0 N–H and O–H groups in total. The zero-order valence-corrected chi connectivity index (χ0v) is 10.4. The van der Waals surface area contributed by atoms with Gasteiger partial charge in [0, 0.05) is 10.7 Å². The van der Waals surface area contributed by atoms with Crippen LogP contribution in [0.25, 0.3) is 0 Å². The molecule has 2 rings (SSSR count). The molecule has 0 bridgehead atoms. The predicted octanol–water partition coefficient (Wildman–Crippen LogP) is 3.25. The van der Waals surface area contributed by atoms with Gasteiger partial charge in [-0.15, -0.1) is 0 Å². The maximum Gasteiger partial charge on any atom is 0.119 e. The van der Waals surface area contributed by atoms with E-state index in [9.17, 15) is 0 Å². The fraction of sp³-hybridized carbons (Fsp3) is 0.500. The summed E-state index contributed by atoms with van der Waals surface area (Å²) in [6.07, 6.45) is 2.54. The first kappa shape index (κ1) is 10.8. The second-order valence-corrected chi connectivity index (χ2v) is 4.66. The van der Waals surface area contributed by atoms with E-state index in [1.165, 1.54) is 12.8 Å². The molecule has 0 amide bonds. The standard InChI is InChI=1S/C12H15BrO2/c1-14-10-2-4-11(5-3-10)15-9-12(8-13)6-7-12/h2-5H,6-9H2,1H3. The Kier molecular flexibility index (Phi) is 3.19. The molecule has 1 aliphatic rings. The van der Waals surface area contributed by atoms with Crippen LogP contribution in [0.2, 0.25) is 0 Å². The van der Waals surface area contributed by atoms with Gasteiger partial charge in [0.15, 0.2) is 0 Å². The molecule has 0 aliphatic heterocycles. The maximum absolute atomic E-state index is 5.74. The lowest BCUT2D eigenvalue weighted by atomic mass is 10.2. The summed E-state index contributed by atoms with van der Waals surface area (Å²) in [4.78, 5) is 0. The summed E-state index contributed by atoms with van der Waals surface area (Å²) in [7, 11) is 1.67. The van der Waals surface area contributed by atoms with Gasteiger partial charge in [0.25, 0.3) is 0 Å². The van der Waals surface area contributed by atoms with E-state index in [1.54, 1.807) is 7.11 Å². The molecule has 0 spiro atoms. The number of rotatable bonds is 5. The average molecular weight is 271 g/mol. The predicted molar refractivity (Wildman–Crippen MR) is 64.0 cm³/mol. The van der Waals surface area contributed by atoms with E-state index in [0.717, 1.165) is 23.4 Å². The summed E-state index contributed by atoms with van der Waals surface area (Å²) >= 11 is 3.53. The van der Waals surface area contributed by atoms with Gasteiger partial charge < -0.3 is 9.47 Å². The van der Waals surface area contributed by atoms with E-state index in [-0.39, 0.29) is 0 Å². The quantitative estimate of drug-likeness (QED) is 0.765. The fourth-order valence-electron chi connectivity index (χ4n) is 1.40. The van der Waals surface area contributed by atoms with Crippen LogP contribution in [0.4, 0.5) is 0 Å². The Bertz CT molecular complexity index is 317. The topological polar surface area (TPSA) is 18.5 Å². The van der Waals surface area contributed by atoms with Crippen LogP contribution in [0.1, 0.15) is 12.8 Å². The van der Waals surface area contributed by atoms with E-state index in [0.29, 0.717) is 5.41 Å². The minimum Gasteiger partial charge on any atom is -0.497 e. The molecular formula is C12H15BrO2. The number of hydrogen-bond acceptors (Lipinski definition) is 2. The number of alkyl halides is 1. The van der Waals surface area contributed by atoms with Gasteiger partial charge in [0.2, 0.25) is 0 Å². The fourth-order valence-corrected chi connectivity index (χ4v) is 2.12. The second-order valence-electron chi connectivity index (χ2n) is 4.10. The smallest absolute Gasteiger partial charge is 0.119 e. The monoisotopic (exact) mass is 270 g/mol. The molecule has 1 aromatic rings. The van der Waals surface area contributed by atoms with Crippen molar-refractivity contribution in [1.82, 2.24) is 0 Å². The number of ether oxygens (including phenoxy) is 2. The first-order chi connectivity index (χ1) is 7.28. The largest absolute Gasteiger partial charge is 0.497 e. The molecule has 0 atom stereocenters. The molecule has 1 saturated carbocycles. The highest BCUT2D eigenvalue weighted by Crippen LogP contribution is 2.47. The lowest BCUT2D eigenvalue weighted by molar-refractivity contribution is 0.251. The van der Waals surface area contributed by atoms with Crippen molar-refractivity contribution >= 4 is 15.9 Å². The van der Waals surface area contributed by atoms with Crippen LogP contribution in [0, 0.1) is 5.41 Å². The molecule has 0 saturated heterocycles. The summed E-state index contributed by atoms with van der Waals surface area (Å²) in [5.74, 6) is 1.78. The minimum atomic E-state index is 0.403. The van der Waals surface area contributed by atoms with Crippen molar-refractivity contribution in [2.45, 2.75) is 12.8 Å². The summed E-state index contributed by atoms with van der Waals surface area (Å²) in [5, 5.41) is 1.04. The van der Waals surface area contributed by atoms with E-state index >= 15 is 0 Å². The highest BCUT2D eigenvalue weighted by atomic mass is 79.9. The normalized spacial score (nSPS) is 17.2. The highest BCUT2D eigenvalue weighted by Gasteiger charge is 2.42. The van der Waals surface area contributed by atoms with Crippen LogP contribution in [0.5, 0.6) is 11.5 Å². The molecule has 3 heteroatoms. The van der Waals surface area contributed by atoms with Gasteiger partial charge in [0.05, 0.1) is 13.7 Å². The molecule has 0 heterocycles. The lowest BCUT2D eigenvalue weighted by Crippen LogP contribution is -2.14. The second kappa shape index (κ2) is 4.44. The van der Waals surface area contributed by atoms with Gasteiger partial charge in [-0.25, -0.2) is 0 Å². The van der Waals surface area contributed by atoms with Crippen molar-refractivity contribution in [2.75, 3.05) is 19.0 Å². The Morgan fingerprint density at radius 2 is 1.80 bits per heavy atom. The molecular weight excluding hydrogens is 256 g/mol.